The van der Waals surface area contributed by atoms with Crippen molar-refractivity contribution in [2.45, 2.75) is 39.7 Å². The molecule has 0 amide bonds. The zero-order valence-corrected chi connectivity index (χ0v) is 11.7. The second-order valence-corrected chi connectivity index (χ2v) is 5.30. The van der Waals surface area contributed by atoms with Crippen LogP contribution in [0.1, 0.15) is 39.7 Å². The van der Waals surface area contributed by atoms with Crippen molar-refractivity contribution in [3.63, 3.8) is 0 Å². The Kier molecular flexibility index (Phi) is 4.33. The van der Waals surface area contributed by atoms with E-state index in [1.165, 1.54) is 0 Å². The van der Waals surface area contributed by atoms with E-state index in [1.807, 2.05) is 58.0 Å². The van der Waals surface area contributed by atoms with E-state index in [1.54, 1.807) is 6.08 Å². The van der Waals surface area contributed by atoms with Crippen LogP contribution in [0.15, 0.2) is 43.0 Å². The molecule has 2 nitrogen and oxygen atoms in total. The summed E-state index contributed by atoms with van der Waals surface area (Å²) >= 11 is 0. The molecule has 18 heavy (non-hydrogen) atoms. The molecule has 0 N–H and O–H groups in total. The van der Waals surface area contributed by atoms with Crippen molar-refractivity contribution >= 4 is 5.97 Å². The van der Waals surface area contributed by atoms with Crippen LogP contribution < -0.4 is 0 Å². The molecular formula is C16H22O2. The Bertz CT molecular complexity index is 420. The van der Waals surface area contributed by atoms with Gasteiger partial charge in [0, 0.05) is 0 Å². The lowest BCUT2D eigenvalue weighted by Crippen LogP contribution is -2.34. The van der Waals surface area contributed by atoms with Crippen LogP contribution in [0, 0.1) is 5.41 Å². The first-order valence-electron chi connectivity index (χ1n) is 6.28. The smallest absolute Gasteiger partial charge is 0.312 e. The van der Waals surface area contributed by atoms with Crippen LogP contribution in [-0.2, 0) is 15.1 Å². The van der Waals surface area contributed by atoms with Gasteiger partial charge in [-0.15, -0.1) is 0 Å². The van der Waals surface area contributed by atoms with Crippen LogP contribution in [0.25, 0.3) is 0 Å². The van der Waals surface area contributed by atoms with Crippen molar-refractivity contribution in [2.75, 3.05) is 0 Å². The minimum absolute atomic E-state index is 0.198. The van der Waals surface area contributed by atoms with E-state index in [4.69, 9.17) is 4.74 Å². The van der Waals surface area contributed by atoms with Gasteiger partial charge in [-0.2, -0.15) is 0 Å². The number of hydrogen-bond acceptors (Lipinski definition) is 2. The maximum atomic E-state index is 12.2. The van der Waals surface area contributed by atoms with Gasteiger partial charge in [-0.1, -0.05) is 43.8 Å². The first kappa shape index (κ1) is 14.5. The summed E-state index contributed by atoms with van der Waals surface area (Å²) in [6.45, 7) is 11.4. The normalized spacial score (nSPS) is 14.7. The fraction of sp³-hybridized carbons (Fsp3) is 0.438. The van der Waals surface area contributed by atoms with Crippen molar-refractivity contribution in [2.24, 2.45) is 5.41 Å². The van der Waals surface area contributed by atoms with Gasteiger partial charge in [0.05, 0.1) is 5.41 Å². The molecule has 98 valence electrons. The highest BCUT2D eigenvalue weighted by atomic mass is 16.6. The lowest BCUT2D eigenvalue weighted by Gasteiger charge is -2.31. The van der Waals surface area contributed by atoms with Crippen molar-refractivity contribution in [1.82, 2.24) is 0 Å². The molecule has 0 saturated heterocycles. The number of rotatable bonds is 5. The zero-order valence-electron chi connectivity index (χ0n) is 11.7. The monoisotopic (exact) mass is 246 g/mol. The van der Waals surface area contributed by atoms with Gasteiger partial charge in [-0.3, -0.25) is 4.79 Å². The second kappa shape index (κ2) is 5.38. The predicted molar refractivity (Wildman–Crippen MR) is 74.2 cm³/mol. The van der Waals surface area contributed by atoms with Gasteiger partial charge in [-0.25, -0.2) is 0 Å². The zero-order chi connectivity index (χ0) is 13.8. The van der Waals surface area contributed by atoms with Gasteiger partial charge >= 0.3 is 5.97 Å². The lowest BCUT2D eigenvalue weighted by atomic mass is 9.89. The molecule has 0 bridgehead atoms. The highest BCUT2D eigenvalue weighted by Gasteiger charge is 2.34. The van der Waals surface area contributed by atoms with E-state index in [0.717, 1.165) is 12.0 Å². The number of ether oxygens (including phenoxy) is 1. The lowest BCUT2D eigenvalue weighted by molar-refractivity contribution is -0.165. The molecule has 1 atom stereocenters. The summed E-state index contributed by atoms with van der Waals surface area (Å²) in [4.78, 5) is 12.2. The number of carbonyl (C=O) groups excluding carboxylic acids is 1. The Morgan fingerprint density at radius 3 is 2.28 bits per heavy atom. The summed E-state index contributed by atoms with van der Waals surface area (Å²) < 4.78 is 5.67. The Balaban J connectivity index is 2.98. The molecule has 0 heterocycles. The molecule has 1 aromatic carbocycles. The molecule has 1 rings (SSSR count). The highest BCUT2D eigenvalue weighted by molar-refractivity contribution is 5.76. The third-order valence-electron chi connectivity index (χ3n) is 3.48. The molecule has 0 aliphatic carbocycles. The second-order valence-electron chi connectivity index (χ2n) is 5.30. The van der Waals surface area contributed by atoms with Gasteiger partial charge in [-0.05, 0) is 38.8 Å². The van der Waals surface area contributed by atoms with E-state index in [0.29, 0.717) is 0 Å². The van der Waals surface area contributed by atoms with E-state index >= 15 is 0 Å². The van der Waals surface area contributed by atoms with Crippen molar-refractivity contribution in [3.8, 4) is 0 Å². The number of benzene rings is 1. The Morgan fingerprint density at radius 2 is 1.83 bits per heavy atom. The molecule has 0 spiro atoms. The summed E-state index contributed by atoms with van der Waals surface area (Å²) in [6, 6.07) is 9.67. The Hall–Kier alpha value is -1.57. The van der Waals surface area contributed by atoms with Gasteiger partial charge in [0.2, 0.25) is 0 Å². The average Bonchev–Trinajstić information content (AvgIpc) is 2.39. The van der Waals surface area contributed by atoms with E-state index < -0.39 is 11.0 Å². The molecule has 0 aliphatic heterocycles. The highest BCUT2D eigenvalue weighted by Crippen LogP contribution is 2.31. The molecule has 2 heteroatoms. The molecule has 0 radical (unpaired) electrons. The fourth-order valence-corrected chi connectivity index (χ4v) is 1.46. The van der Waals surface area contributed by atoms with Crippen LogP contribution in [0.5, 0.6) is 0 Å². The van der Waals surface area contributed by atoms with Crippen LogP contribution in [0.2, 0.25) is 0 Å². The summed E-state index contributed by atoms with van der Waals surface area (Å²) in [7, 11) is 0. The third-order valence-corrected chi connectivity index (χ3v) is 3.48. The standard InChI is InChI=1S/C16H22O2/c1-6-15(3,4)14(17)18-16(5,7-2)13-11-9-8-10-12-13/h7-12H,2,6H2,1,3-5H3. The molecule has 1 unspecified atom stereocenters. The molecular weight excluding hydrogens is 224 g/mol. The number of esters is 1. The Morgan fingerprint density at radius 1 is 1.28 bits per heavy atom. The molecule has 0 aliphatic rings. The summed E-state index contributed by atoms with van der Waals surface area (Å²) in [5, 5.41) is 0. The van der Waals surface area contributed by atoms with Crippen LogP contribution in [0.3, 0.4) is 0 Å². The summed E-state index contributed by atoms with van der Waals surface area (Å²) in [5.41, 5.74) is -0.315. The topological polar surface area (TPSA) is 26.3 Å². The predicted octanol–water partition coefficient (Wildman–Crippen LogP) is 4.07. The van der Waals surface area contributed by atoms with E-state index in [-0.39, 0.29) is 5.97 Å². The van der Waals surface area contributed by atoms with Crippen LogP contribution in [-0.4, -0.2) is 5.97 Å². The first-order chi connectivity index (χ1) is 8.35. The van der Waals surface area contributed by atoms with Crippen LogP contribution >= 0.6 is 0 Å². The average molecular weight is 246 g/mol. The van der Waals surface area contributed by atoms with Gasteiger partial charge in [0.15, 0.2) is 5.60 Å². The fourth-order valence-electron chi connectivity index (χ4n) is 1.46. The molecule has 1 aromatic rings. The third kappa shape index (κ3) is 3.00. The summed E-state index contributed by atoms with van der Waals surface area (Å²) in [5.74, 6) is -0.198. The largest absolute Gasteiger partial charge is 0.450 e. The quantitative estimate of drug-likeness (QED) is 0.578. The molecule has 0 fully saturated rings. The maximum absolute atomic E-state index is 12.2. The van der Waals surface area contributed by atoms with Gasteiger partial charge < -0.3 is 4.74 Å². The van der Waals surface area contributed by atoms with Crippen molar-refractivity contribution in [1.29, 1.82) is 0 Å². The Labute approximate surface area is 110 Å². The molecule has 0 aromatic heterocycles. The van der Waals surface area contributed by atoms with Crippen molar-refractivity contribution < 1.29 is 9.53 Å². The number of hydrogen-bond donors (Lipinski definition) is 0. The SMILES string of the molecule is C=CC(C)(OC(=O)C(C)(C)CC)c1ccccc1. The first-order valence-corrected chi connectivity index (χ1v) is 6.28. The number of carbonyl (C=O) groups is 1. The van der Waals surface area contributed by atoms with Gasteiger partial charge in [0.1, 0.15) is 0 Å². The minimum Gasteiger partial charge on any atom is -0.450 e. The van der Waals surface area contributed by atoms with E-state index in [2.05, 4.69) is 6.58 Å². The van der Waals surface area contributed by atoms with Gasteiger partial charge in [0.25, 0.3) is 0 Å². The van der Waals surface area contributed by atoms with Crippen molar-refractivity contribution in [3.05, 3.63) is 48.6 Å². The maximum Gasteiger partial charge on any atom is 0.312 e. The van der Waals surface area contributed by atoms with Crippen LogP contribution in [0.4, 0.5) is 0 Å². The minimum atomic E-state index is -0.773. The van der Waals surface area contributed by atoms with E-state index in [9.17, 15) is 4.79 Å². The summed E-state index contributed by atoms with van der Waals surface area (Å²) in [6.07, 6.45) is 2.42. The molecule has 0 saturated carbocycles.